The Balaban J connectivity index is 2.21. The summed E-state index contributed by atoms with van der Waals surface area (Å²) in [7, 11) is 0. The Morgan fingerprint density at radius 3 is 2.41 bits per heavy atom. The van der Waals surface area contributed by atoms with Gasteiger partial charge in [0.1, 0.15) is 5.82 Å². The molecule has 1 aromatic heterocycles. The molecule has 0 spiro atoms. The van der Waals surface area contributed by atoms with E-state index in [0.29, 0.717) is 18.2 Å². The molecule has 1 N–H and O–H groups in total. The Kier molecular flexibility index (Phi) is 9.06. The van der Waals surface area contributed by atoms with E-state index in [1.54, 1.807) is 24.5 Å². The van der Waals surface area contributed by atoms with Gasteiger partial charge >= 0.3 is 0 Å². The molecule has 1 aromatic carbocycles. The molecule has 1 unspecified atom stereocenters. The first-order valence-electron chi connectivity index (χ1n) is 9.72. The average molecular weight is 414 g/mol. The molecule has 0 saturated carbocycles. The van der Waals surface area contributed by atoms with Crippen LogP contribution in [0.15, 0.2) is 53.8 Å². The second kappa shape index (κ2) is 11.5. The van der Waals surface area contributed by atoms with Crippen molar-refractivity contribution in [2.45, 2.75) is 34.1 Å². The molecule has 0 aliphatic carbocycles. The number of benzene rings is 1. The van der Waals surface area contributed by atoms with Crippen molar-refractivity contribution in [1.82, 2.24) is 10.3 Å². The van der Waals surface area contributed by atoms with Crippen molar-refractivity contribution in [3.63, 3.8) is 0 Å². The molecule has 0 saturated heterocycles. The highest BCUT2D eigenvalue weighted by Gasteiger charge is 2.10. The number of pyridine rings is 1. The highest BCUT2D eigenvalue weighted by molar-refractivity contribution is 8.14. The van der Waals surface area contributed by atoms with Crippen LogP contribution in [0.4, 0.5) is 4.39 Å². The standard InChI is InChI=1S/C23H28FN3OS/c1-5-16(2)14-26-22(28)15-29-18(4)27-23(20-6-8-21(24)9-7-20)17(3)19-10-12-25-13-11-19/h6-13,16H,5,14-15H2,1-4H3,(H,26,28)/b23-17+,27-18?. The minimum absolute atomic E-state index is 0.00279. The van der Waals surface area contributed by atoms with Crippen LogP contribution in [0.25, 0.3) is 11.3 Å². The maximum absolute atomic E-state index is 13.4. The van der Waals surface area contributed by atoms with Gasteiger partial charge in [-0.05, 0) is 67.3 Å². The lowest BCUT2D eigenvalue weighted by Gasteiger charge is -2.12. The van der Waals surface area contributed by atoms with Crippen LogP contribution in [0.1, 0.15) is 45.2 Å². The van der Waals surface area contributed by atoms with Gasteiger partial charge < -0.3 is 5.32 Å². The van der Waals surface area contributed by atoms with Gasteiger partial charge in [-0.15, -0.1) is 11.8 Å². The fourth-order valence-electron chi connectivity index (χ4n) is 2.55. The second-order valence-electron chi connectivity index (χ2n) is 6.95. The molecule has 6 heteroatoms. The third-order valence-electron chi connectivity index (χ3n) is 4.61. The van der Waals surface area contributed by atoms with E-state index >= 15 is 0 Å². The van der Waals surface area contributed by atoms with Crippen LogP contribution in [0.2, 0.25) is 0 Å². The first-order valence-corrected chi connectivity index (χ1v) is 10.7. The van der Waals surface area contributed by atoms with E-state index in [1.165, 1.54) is 23.9 Å². The Hall–Kier alpha value is -2.47. The molecule has 1 heterocycles. The monoisotopic (exact) mass is 413 g/mol. The fraction of sp³-hybridized carbons (Fsp3) is 0.348. The van der Waals surface area contributed by atoms with Crippen LogP contribution in [0.5, 0.6) is 0 Å². The SMILES string of the molecule is CCC(C)CNC(=O)CSC(C)=N/C(=C(\C)c1ccncc1)c1ccc(F)cc1. The first kappa shape index (κ1) is 22.8. The smallest absolute Gasteiger partial charge is 0.230 e. The van der Waals surface area contributed by atoms with Gasteiger partial charge in [0.2, 0.25) is 5.91 Å². The largest absolute Gasteiger partial charge is 0.355 e. The Bertz CT molecular complexity index is 863. The predicted molar refractivity (Wildman–Crippen MR) is 121 cm³/mol. The summed E-state index contributed by atoms with van der Waals surface area (Å²) in [6, 6.07) is 10.1. The summed E-state index contributed by atoms with van der Waals surface area (Å²) in [4.78, 5) is 20.9. The number of hydrogen-bond donors (Lipinski definition) is 1. The first-order chi connectivity index (χ1) is 13.9. The van der Waals surface area contributed by atoms with E-state index in [1.807, 2.05) is 26.0 Å². The zero-order valence-corrected chi connectivity index (χ0v) is 18.2. The third kappa shape index (κ3) is 7.46. The van der Waals surface area contributed by atoms with Crippen LogP contribution in [-0.4, -0.2) is 28.2 Å². The summed E-state index contributed by atoms with van der Waals surface area (Å²) in [6.45, 7) is 8.77. The summed E-state index contributed by atoms with van der Waals surface area (Å²) < 4.78 is 13.4. The minimum atomic E-state index is -0.289. The van der Waals surface area contributed by atoms with Gasteiger partial charge in [-0.3, -0.25) is 9.78 Å². The summed E-state index contributed by atoms with van der Waals surface area (Å²) in [5, 5.41) is 3.73. The zero-order valence-electron chi connectivity index (χ0n) is 17.4. The van der Waals surface area contributed by atoms with Crippen molar-refractivity contribution in [3.8, 4) is 0 Å². The molecule has 1 amide bonds. The van der Waals surface area contributed by atoms with Gasteiger partial charge in [-0.25, -0.2) is 9.38 Å². The second-order valence-corrected chi connectivity index (χ2v) is 8.12. The molecule has 0 fully saturated rings. The topological polar surface area (TPSA) is 54.4 Å². The molecule has 0 radical (unpaired) electrons. The van der Waals surface area contributed by atoms with E-state index in [9.17, 15) is 9.18 Å². The summed E-state index contributed by atoms with van der Waals surface area (Å²) >= 11 is 1.40. The van der Waals surface area contributed by atoms with Crippen LogP contribution in [0.3, 0.4) is 0 Å². The van der Waals surface area contributed by atoms with Gasteiger partial charge in [-0.2, -0.15) is 0 Å². The molecule has 29 heavy (non-hydrogen) atoms. The maximum atomic E-state index is 13.4. The van der Waals surface area contributed by atoms with Crippen molar-refractivity contribution in [1.29, 1.82) is 0 Å². The highest BCUT2D eigenvalue weighted by Crippen LogP contribution is 2.28. The molecule has 0 aliphatic rings. The molecule has 2 rings (SSSR count). The molecule has 2 aromatic rings. The lowest BCUT2D eigenvalue weighted by molar-refractivity contribution is -0.118. The van der Waals surface area contributed by atoms with E-state index in [2.05, 4.69) is 24.1 Å². The number of nitrogens with one attached hydrogen (secondary N) is 1. The summed E-state index contributed by atoms with van der Waals surface area (Å²) in [6.07, 6.45) is 4.50. The van der Waals surface area contributed by atoms with Gasteiger partial charge in [0.15, 0.2) is 0 Å². The Morgan fingerprint density at radius 2 is 1.79 bits per heavy atom. The highest BCUT2D eigenvalue weighted by atomic mass is 32.2. The van der Waals surface area contributed by atoms with Crippen molar-refractivity contribution < 1.29 is 9.18 Å². The molecule has 0 aliphatic heterocycles. The van der Waals surface area contributed by atoms with Crippen LogP contribution in [-0.2, 0) is 4.79 Å². The van der Waals surface area contributed by atoms with Gasteiger partial charge in [0.25, 0.3) is 0 Å². The average Bonchev–Trinajstić information content (AvgIpc) is 2.75. The van der Waals surface area contributed by atoms with Crippen molar-refractivity contribution in [3.05, 3.63) is 65.7 Å². The number of aromatic nitrogens is 1. The normalized spacial score (nSPS) is 13.6. The lowest BCUT2D eigenvalue weighted by atomic mass is 10.0. The number of aliphatic imine (C=N–C) groups is 1. The number of allylic oxidation sites excluding steroid dienone is 1. The number of rotatable bonds is 8. The molecular weight excluding hydrogens is 385 g/mol. The Morgan fingerprint density at radius 1 is 1.14 bits per heavy atom. The summed E-state index contributed by atoms with van der Waals surface area (Å²) in [5.41, 5.74) is 3.52. The number of carbonyl (C=O) groups excluding carboxylic acids is 1. The van der Waals surface area contributed by atoms with E-state index in [4.69, 9.17) is 4.99 Å². The molecular formula is C23H28FN3OS. The van der Waals surface area contributed by atoms with Crippen molar-refractivity contribution in [2.75, 3.05) is 12.3 Å². The fourth-order valence-corrected chi connectivity index (χ4v) is 3.15. The number of carbonyl (C=O) groups is 1. The third-order valence-corrected chi connectivity index (χ3v) is 5.53. The molecule has 1 atom stereocenters. The molecule has 0 bridgehead atoms. The number of hydrogen-bond acceptors (Lipinski definition) is 4. The van der Waals surface area contributed by atoms with E-state index in [0.717, 1.165) is 33.9 Å². The molecule has 154 valence electrons. The zero-order chi connectivity index (χ0) is 21.2. The Labute approximate surface area is 176 Å². The van der Waals surface area contributed by atoms with Gasteiger partial charge in [0.05, 0.1) is 16.5 Å². The van der Waals surface area contributed by atoms with Crippen LogP contribution in [0, 0.1) is 11.7 Å². The molecule has 4 nitrogen and oxygen atoms in total. The van der Waals surface area contributed by atoms with E-state index < -0.39 is 0 Å². The van der Waals surface area contributed by atoms with Crippen LogP contribution < -0.4 is 5.32 Å². The van der Waals surface area contributed by atoms with Crippen molar-refractivity contribution >= 4 is 34.0 Å². The maximum Gasteiger partial charge on any atom is 0.230 e. The van der Waals surface area contributed by atoms with Crippen molar-refractivity contribution in [2.24, 2.45) is 10.9 Å². The van der Waals surface area contributed by atoms with Gasteiger partial charge in [-0.1, -0.05) is 20.3 Å². The van der Waals surface area contributed by atoms with Gasteiger partial charge in [0, 0.05) is 24.5 Å². The predicted octanol–water partition coefficient (Wildman–Crippen LogP) is 5.42. The lowest BCUT2D eigenvalue weighted by Crippen LogP contribution is -2.29. The number of halogens is 1. The number of amides is 1. The van der Waals surface area contributed by atoms with E-state index in [-0.39, 0.29) is 11.7 Å². The van der Waals surface area contributed by atoms with Crippen LogP contribution >= 0.6 is 11.8 Å². The minimum Gasteiger partial charge on any atom is -0.355 e. The quantitative estimate of drug-likeness (QED) is 0.464. The number of thioether (sulfide) groups is 1. The summed E-state index contributed by atoms with van der Waals surface area (Å²) in [5.74, 6) is 0.497. The number of nitrogens with zero attached hydrogens (tertiary/aromatic N) is 2.